The number of methoxy groups -OCH3 is 1. The lowest BCUT2D eigenvalue weighted by atomic mass is 10.1. The van der Waals surface area contributed by atoms with Crippen molar-refractivity contribution in [2.45, 2.75) is 12.6 Å². The number of halogens is 1. The van der Waals surface area contributed by atoms with Gasteiger partial charge in [-0.2, -0.15) is 0 Å². The van der Waals surface area contributed by atoms with Crippen LogP contribution in [0.25, 0.3) is 0 Å². The minimum Gasteiger partial charge on any atom is -0.497 e. The van der Waals surface area contributed by atoms with Crippen LogP contribution in [0.4, 0.5) is 5.69 Å². The van der Waals surface area contributed by atoms with E-state index in [9.17, 15) is 9.59 Å². The smallest absolute Gasteiger partial charge is 0.256 e. The van der Waals surface area contributed by atoms with Gasteiger partial charge < -0.3 is 19.7 Å². The van der Waals surface area contributed by atoms with E-state index in [0.29, 0.717) is 25.2 Å². The van der Waals surface area contributed by atoms with Gasteiger partial charge in [0.25, 0.3) is 5.91 Å². The van der Waals surface area contributed by atoms with E-state index in [-0.39, 0.29) is 5.91 Å². The van der Waals surface area contributed by atoms with Gasteiger partial charge in [0.2, 0.25) is 0 Å². The fourth-order valence-electron chi connectivity index (χ4n) is 3.44. The second-order valence-corrected chi connectivity index (χ2v) is 7.64. The highest BCUT2D eigenvalue weighted by molar-refractivity contribution is 9.10. The second-order valence-electron chi connectivity index (χ2n) is 6.73. The molecular formula is C21H24BrN3O3. The predicted molar refractivity (Wildman–Crippen MR) is 113 cm³/mol. The van der Waals surface area contributed by atoms with Crippen LogP contribution in [-0.2, 0) is 11.3 Å². The highest BCUT2D eigenvalue weighted by atomic mass is 79.9. The molecule has 1 fully saturated rings. The molecule has 1 unspecified atom stereocenters. The summed E-state index contributed by atoms with van der Waals surface area (Å²) in [5.41, 5.74) is 2.46. The Kier molecular flexibility index (Phi) is 6.70. The SMILES string of the molecule is CNc1ccc(Br)cc1C(=O)N1CCN(Cc2ccc(OC)cc2)CC1C=O. The van der Waals surface area contributed by atoms with Gasteiger partial charge in [0.1, 0.15) is 18.1 Å². The molecule has 0 aliphatic carbocycles. The number of carbonyl (C=O) groups excluding carboxylic acids is 2. The molecule has 6 nitrogen and oxygen atoms in total. The standard InChI is InChI=1S/C21H24BrN3O3/c1-23-20-8-5-16(22)11-19(20)21(27)25-10-9-24(13-17(25)14-26)12-15-3-6-18(28-2)7-4-15/h3-8,11,14,17,23H,9-10,12-13H2,1-2H3. The minimum atomic E-state index is -0.469. The first kappa shape index (κ1) is 20.4. The zero-order valence-corrected chi connectivity index (χ0v) is 17.6. The van der Waals surface area contributed by atoms with E-state index < -0.39 is 6.04 Å². The van der Waals surface area contributed by atoms with Crippen LogP contribution in [0.2, 0.25) is 0 Å². The summed E-state index contributed by atoms with van der Waals surface area (Å²) >= 11 is 3.42. The molecule has 0 bridgehead atoms. The lowest BCUT2D eigenvalue weighted by Gasteiger charge is -2.39. The molecule has 1 N–H and O–H groups in total. The predicted octanol–water partition coefficient (Wildman–Crippen LogP) is 3.02. The molecule has 1 saturated heterocycles. The van der Waals surface area contributed by atoms with Gasteiger partial charge in [0.15, 0.2) is 0 Å². The summed E-state index contributed by atoms with van der Waals surface area (Å²) in [6.07, 6.45) is 0.870. The molecule has 1 aliphatic rings. The molecule has 0 spiro atoms. The first-order chi connectivity index (χ1) is 13.5. The third-order valence-electron chi connectivity index (χ3n) is 4.97. The first-order valence-electron chi connectivity index (χ1n) is 9.14. The third-order valence-corrected chi connectivity index (χ3v) is 5.46. The summed E-state index contributed by atoms with van der Waals surface area (Å²) in [6.45, 7) is 2.47. The van der Waals surface area contributed by atoms with E-state index in [1.54, 1.807) is 25.1 Å². The number of rotatable bonds is 6. The fourth-order valence-corrected chi connectivity index (χ4v) is 3.80. The molecule has 1 heterocycles. The van der Waals surface area contributed by atoms with Gasteiger partial charge in [-0.05, 0) is 35.9 Å². The van der Waals surface area contributed by atoms with E-state index in [1.165, 1.54) is 0 Å². The van der Waals surface area contributed by atoms with Crippen molar-refractivity contribution in [3.8, 4) is 5.75 Å². The number of amides is 1. The molecule has 1 atom stereocenters. The van der Waals surface area contributed by atoms with E-state index in [1.807, 2.05) is 36.4 Å². The maximum atomic E-state index is 13.1. The molecule has 1 aliphatic heterocycles. The van der Waals surface area contributed by atoms with Crippen molar-refractivity contribution in [2.24, 2.45) is 0 Å². The summed E-state index contributed by atoms with van der Waals surface area (Å²) in [4.78, 5) is 28.7. The van der Waals surface area contributed by atoms with E-state index >= 15 is 0 Å². The summed E-state index contributed by atoms with van der Waals surface area (Å²) in [7, 11) is 3.43. The molecule has 1 amide bonds. The molecule has 0 saturated carbocycles. The van der Waals surface area contributed by atoms with Crippen LogP contribution < -0.4 is 10.1 Å². The van der Waals surface area contributed by atoms with Crippen LogP contribution in [0.3, 0.4) is 0 Å². The molecule has 0 radical (unpaired) electrons. The van der Waals surface area contributed by atoms with Crippen molar-refractivity contribution in [2.75, 3.05) is 39.1 Å². The maximum Gasteiger partial charge on any atom is 0.256 e. The summed E-state index contributed by atoms with van der Waals surface area (Å²) in [5.74, 6) is 0.686. The second kappa shape index (κ2) is 9.21. The fraction of sp³-hybridized carbons (Fsp3) is 0.333. The number of anilines is 1. The Hall–Kier alpha value is -2.38. The maximum absolute atomic E-state index is 13.1. The molecule has 0 aromatic heterocycles. The van der Waals surface area contributed by atoms with Crippen LogP contribution >= 0.6 is 15.9 Å². The Morgan fingerprint density at radius 2 is 2.00 bits per heavy atom. The number of nitrogens with one attached hydrogen (secondary N) is 1. The molecule has 2 aromatic rings. The van der Waals surface area contributed by atoms with Crippen molar-refractivity contribution >= 4 is 33.8 Å². The monoisotopic (exact) mass is 445 g/mol. The zero-order chi connectivity index (χ0) is 20.1. The van der Waals surface area contributed by atoms with E-state index in [0.717, 1.165) is 34.3 Å². The number of carbonyl (C=O) groups is 2. The molecule has 3 rings (SSSR count). The van der Waals surface area contributed by atoms with E-state index in [2.05, 4.69) is 26.1 Å². The third kappa shape index (κ3) is 4.54. The topological polar surface area (TPSA) is 61.9 Å². The van der Waals surface area contributed by atoms with Crippen molar-refractivity contribution < 1.29 is 14.3 Å². The molecule has 148 valence electrons. The number of aldehydes is 1. The van der Waals surface area contributed by atoms with Gasteiger partial charge in [0, 0.05) is 43.4 Å². The summed E-state index contributed by atoms with van der Waals surface area (Å²) < 4.78 is 6.02. The number of nitrogens with zero attached hydrogens (tertiary/aromatic N) is 2. The Balaban J connectivity index is 1.71. The minimum absolute atomic E-state index is 0.133. The Morgan fingerprint density at radius 1 is 1.25 bits per heavy atom. The van der Waals surface area contributed by atoms with Gasteiger partial charge in [-0.15, -0.1) is 0 Å². The van der Waals surface area contributed by atoms with Crippen LogP contribution in [0.15, 0.2) is 46.9 Å². The highest BCUT2D eigenvalue weighted by Crippen LogP contribution is 2.24. The number of hydrogen-bond donors (Lipinski definition) is 1. The quantitative estimate of drug-likeness (QED) is 0.692. The Bertz CT molecular complexity index is 841. The Morgan fingerprint density at radius 3 is 2.64 bits per heavy atom. The molecule has 2 aromatic carbocycles. The van der Waals surface area contributed by atoms with E-state index in [4.69, 9.17) is 4.74 Å². The van der Waals surface area contributed by atoms with Gasteiger partial charge in [-0.25, -0.2) is 0 Å². The average molecular weight is 446 g/mol. The number of hydrogen-bond acceptors (Lipinski definition) is 5. The van der Waals surface area contributed by atoms with Gasteiger partial charge in [0.05, 0.1) is 12.7 Å². The normalized spacial score (nSPS) is 17.2. The molecule has 28 heavy (non-hydrogen) atoms. The molecule has 7 heteroatoms. The largest absolute Gasteiger partial charge is 0.497 e. The number of benzene rings is 2. The summed E-state index contributed by atoms with van der Waals surface area (Å²) in [5, 5.41) is 3.05. The van der Waals surface area contributed by atoms with Crippen LogP contribution in [-0.4, -0.2) is 61.8 Å². The number of ether oxygens (including phenoxy) is 1. The Labute approximate surface area is 173 Å². The van der Waals surface area contributed by atoms with Gasteiger partial charge in [-0.3, -0.25) is 9.69 Å². The van der Waals surface area contributed by atoms with Crippen molar-refractivity contribution in [1.29, 1.82) is 0 Å². The lowest BCUT2D eigenvalue weighted by Crippen LogP contribution is -2.55. The summed E-state index contributed by atoms with van der Waals surface area (Å²) in [6, 6.07) is 13.0. The van der Waals surface area contributed by atoms with Crippen molar-refractivity contribution in [3.05, 3.63) is 58.1 Å². The van der Waals surface area contributed by atoms with Crippen LogP contribution in [0, 0.1) is 0 Å². The first-order valence-corrected chi connectivity index (χ1v) is 9.94. The number of piperazine rings is 1. The lowest BCUT2D eigenvalue weighted by molar-refractivity contribution is -0.113. The van der Waals surface area contributed by atoms with Gasteiger partial charge in [-0.1, -0.05) is 28.1 Å². The average Bonchev–Trinajstić information content (AvgIpc) is 2.73. The van der Waals surface area contributed by atoms with Crippen LogP contribution in [0.5, 0.6) is 5.75 Å². The van der Waals surface area contributed by atoms with Crippen LogP contribution in [0.1, 0.15) is 15.9 Å². The van der Waals surface area contributed by atoms with Gasteiger partial charge >= 0.3 is 0 Å². The molecular weight excluding hydrogens is 422 g/mol. The van der Waals surface area contributed by atoms with Crippen molar-refractivity contribution in [3.63, 3.8) is 0 Å². The zero-order valence-electron chi connectivity index (χ0n) is 16.0. The highest BCUT2D eigenvalue weighted by Gasteiger charge is 2.31. The van der Waals surface area contributed by atoms with Crippen molar-refractivity contribution in [1.82, 2.24) is 9.80 Å².